The number of carbonyl (C=O) groups is 1. The summed E-state index contributed by atoms with van der Waals surface area (Å²) in [5.74, 6) is 0.276. The zero-order valence-corrected chi connectivity index (χ0v) is 19.2. The number of ether oxygens (including phenoxy) is 1. The minimum Gasteiger partial charge on any atom is -0.379 e. The molecule has 1 aliphatic heterocycles. The summed E-state index contributed by atoms with van der Waals surface area (Å²) >= 11 is 6.50. The molecule has 0 atom stereocenters. The fourth-order valence-electron chi connectivity index (χ4n) is 3.08. The average Bonchev–Trinajstić information content (AvgIpc) is 2.97. The van der Waals surface area contributed by atoms with Gasteiger partial charge in [0.15, 0.2) is 0 Å². The molecule has 3 rings (SSSR count). The second-order valence-corrected chi connectivity index (χ2v) is 8.87. The molecule has 9 heteroatoms. The molecule has 0 aliphatic carbocycles. The lowest BCUT2D eigenvalue weighted by Gasteiger charge is -2.13. The van der Waals surface area contributed by atoms with Crippen molar-refractivity contribution in [3.63, 3.8) is 0 Å². The molecule has 1 aliphatic rings. The van der Waals surface area contributed by atoms with Crippen LogP contribution in [0, 0.1) is 6.92 Å². The maximum atomic E-state index is 13.3. The SMILES string of the molecule is CCN1C(=O)/C(=C/c2c(NCCCOC(C)C)nc3c(C)cccn3c2=O)SC1=S. The molecule has 0 unspecified atom stereocenters. The van der Waals surface area contributed by atoms with E-state index in [1.165, 1.54) is 21.1 Å². The third kappa shape index (κ3) is 4.74. The van der Waals surface area contributed by atoms with Crippen LogP contribution in [0.15, 0.2) is 28.0 Å². The molecule has 0 saturated carbocycles. The van der Waals surface area contributed by atoms with Gasteiger partial charge in [-0.1, -0.05) is 30.0 Å². The number of aryl methyl sites for hydroxylation is 1. The third-order valence-electron chi connectivity index (χ3n) is 4.61. The number of fused-ring (bicyclic) bond motifs is 1. The third-order valence-corrected chi connectivity index (χ3v) is 5.99. The number of anilines is 1. The number of aromatic nitrogens is 2. The first-order valence-electron chi connectivity index (χ1n) is 9.96. The highest BCUT2D eigenvalue weighted by Crippen LogP contribution is 2.32. The normalized spacial score (nSPS) is 15.8. The summed E-state index contributed by atoms with van der Waals surface area (Å²) in [6.07, 6.45) is 4.23. The Kier molecular flexibility index (Phi) is 7.27. The number of amides is 1. The van der Waals surface area contributed by atoms with Gasteiger partial charge in [0, 0.05) is 25.9 Å². The van der Waals surface area contributed by atoms with Crippen molar-refractivity contribution in [1.82, 2.24) is 14.3 Å². The molecule has 30 heavy (non-hydrogen) atoms. The molecule has 3 heterocycles. The van der Waals surface area contributed by atoms with Gasteiger partial charge in [-0.05, 0) is 51.8 Å². The van der Waals surface area contributed by atoms with E-state index in [0.29, 0.717) is 46.0 Å². The van der Waals surface area contributed by atoms with Crippen molar-refractivity contribution < 1.29 is 9.53 Å². The molecular formula is C21H26N4O3S2. The standard InChI is InChI=1S/C21H26N4O3S2/c1-5-24-20(27)16(30-21(24)29)12-15-17(22-9-7-11-28-13(2)3)23-18-14(4)8-6-10-25(18)19(15)26/h6,8,10,12-13,22H,5,7,9,11H2,1-4H3/b16-12-. The molecule has 2 aromatic heterocycles. The van der Waals surface area contributed by atoms with Crippen LogP contribution >= 0.6 is 24.0 Å². The van der Waals surface area contributed by atoms with Crippen molar-refractivity contribution in [2.45, 2.75) is 40.2 Å². The van der Waals surface area contributed by atoms with Crippen LogP contribution in [0.4, 0.5) is 5.82 Å². The Morgan fingerprint density at radius 3 is 2.80 bits per heavy atom. The van der Waals surface area contributed by atoms with E-state index in [1.54, 1.807) is 12.3 Å². The number of nitrogens with one attached hydrogen (secondary N) is 1. The van der Waals surface area contributed by atoms with Crippen LogP contribution in [0.1, 0.15) is 38.3 Å². The highest BCUT2D eigenvalue weighted by Gasteiger charge is 2.31. The molecule has 1 N–H and O–H groups in total. The topological polar surface area (TPSA) is 75.9 Å². The van der Waals surface area contributed by atoms with E-state index < -0.39 is 0 Å². The second-order valence-electron chi connectivity index (χ2n) is 7.19. The lowest BCUT2D eigenvalue weighted by atomic mass is 10.2. The molecule has 2 aromatic rings. The van der Waals surface area contributed by atoms with E-state index in [4.69, 9.17) is 21.9 Å². The molecule has 7 nitrogen and oxygen atoms in total. The van der Waals surface area contributed by atoms with Gasteiger partial charge in [-0.2, -0.15) is 0 Å². The molecule has 0 aromatic carbocycles. The largest absolute Gasteiger partial charge is 0.379 e. The number of likely N-dealkylation sites (N-methyl/N-ethyl adjacent to an activating group) is 1. The Balaban J connectivity index is 2.00. The number of hydrogen-bond donors (Lipinski definition) is 1. The number of carbonyl (C=O) groups excluding carboxylic acids is 1. The Bertz CT molecular complexity index is 1060. The minimum atomic E-state index is -0.230. The van der Waals surface area contributed by atoms with E-state index in [1.807, 2.05) is 39.8 Å². The smallest absolute Gasteiger partial charge is 0.267 e. The summed E-state index contributed by atoms with van der Waals surface area (Å²) < 4.78 is 7.58. The average molecular weight is 447 g/mol. The van der Waals surface area contributed by atoms with E-state index in [9.17, 15) is 9.59 Å². The molecule has 0 spiro atoms. The predicted octanol–water partition coefficient (Wildman–Crippen LogP) is 3.45. The van der Waals surface area contributed by atoms with Crippen LogP contribution < -0.4 is 10.9 Å². The summed E-state index contributed by atoms with van der Waals surface area (Å²) in [6, 6.07) is 3.72. The summed E-state index contributed by atoms with van der Waals surface area (Å²) in [6.45, 7) is 9.47. The Hall–Kier alpha value is -2.23. The van der Waals surface area contributed by atoms with Gasteiger partial charge in [0.1, 0.15) is 15.8 Å². The number of pyridine rings is 1. The Morgan fingerprint density at radius 1 is 1.37 bits per heavy atom. The van der Waals surface area contributed by atoms with E-state index >= 15 is 0 Å². The molecular weight excluding hydrogens is 420 g/mol. The van der Waals surface area contributed by atoms with Crippen LogP contribution in [0.2, 0.25) is 0 Å². The van der Waals surface area contributed by atoms with Gasteiger partial charge in [0.25, 0.3) is 11.5 Å². The fraction of sp³-hybridized carbons (Fsp3) is 0.429. The van der Waals surface area contributed by atoms with Crippen LogP contribution in [-0.2, 0) is 9.53 Å². The molecule has 1 saturated heterocycles. The van der Waals surface area contributed by atoms with Gasteiger partial charge in [0.05, 0.1) is 16.6 Å². The fourth-order valence-corrected chi connectivity index (χ4v) is 4.44. The number of thioether (sulfide) groups is 1. The Labute approximate surface area is 185 Å². The zero-order valence-electron chi connectivity index (χ0n) is 17.6. The maximum Gasteiger partial charge on any atom is 0.267 e. The first-order chi connectivity index (χ1) is 14.3. The van der Waals surface area contributed by atoms with Crippen molar-refractivity contribution in [2.75, 3.05) is 25.0 Å². The van der Waals surface area contributed by atoms with Crippen LogP contribution in [0.3, 0.4) is 0 Å². The van der Waals surface area contributed by atoms with Gasteiger partial charge >= 0.3 is 0 Å². The summed E-state index contributed by atoms with van der Waals surface area (Å²) in [4.78, 5) is 32.5. The van der Waals surface area contributed by atoms with E-state index in [2.05, 4.69) is 5.32 Å². The van der Waals surface area contributed by atoms with Gasteiger partial charge in [0.2, 0.25) is 0 Å². The van der Waals surface area contributed by atoms with Crippen LogP contribution in [0.5, 0.6) is 0 Å². The monoisotopic (exact) mass is 446 g/mol. The quantitative estimate of drug-likeness (QED) is 0.378. The molecule has 1 fully saturated rings. The predicted molar refractivity (Wildman–Crippen MR) is 126 cm³/mol. The molecule has 0 radical (unpaired) electrons. The number of nitrogens with zero attached hydrogens (tertiary/aromatic N) is 3. The van der Waals surface area contributed by atoms with Gasteiger partial charge in [-0.25, -0.2) is 4.98 Å². The summed E-state index contributed by atoms with van der Waals surface area (Å²) in [5.41, 5.74) is 1.59. The van der Waals surface area contributed by atoms with Gasteiger partial charge in [-0.15, -0.1) is 0 Å². The van der Waals surface area contributed by atoms with Crippen molar-refractivity contribution in [2.24, 2.45) is 0 Å². The van der Waals surface area contributed by atoms with Crippen molar-refractivity contribution in [1.29, 1.82) is 0 Å². The first-order valence-corrected chi connectivity index (χ1v) is 11.2. The van der Waals surface area contributed by atoms with Crippen LogP contribution in [0.25, 0.3) is 11.7 Å². The highest BCUT2D eigenvalue weighted by molar-refractivity contribution is 8.26. The number of hydrogen-bond acceptors (Lipinski definition) is 7. The van der Waals surface area contributed by atoms with Gasteiger partial charge < -0.3 is 10.1 Å². The first kappa shape index (κ1) is 22.5. The lowest BCUT2D eigenvalue weighted by Crippen LogP contribution is -2.27. The highest BCUT2D eigenvalue weighted by atomic mass is 32.2. The van der Waals surface area contributed by atoms with E-state index in [0.717, 1.165) is 12.0 Å². The Morgan fingerprint density at radius 2 is 2.13 bits per heavy atom. The lowest BCUT2D eigenvalue weighted by molar-refractivity contribution is -0.121. The molecule has 0 bridgehead atoms. The minimum absolute atomic E-state index is 0.173. The van der Waals surface area contributed by atoms with Crippen molar-refractivity contribution in [3.8, 4) is 0 Å². The second kappa shape index (κ2) is 9.72. The summed E-state index contributed by atoms with van der Waals surface area (Å²) in [5, 5.41) is 3.26. The zero-order chi connectivity index (χ0) is 21.8. The number of rotatable bonds is 8. The molecule has 160 valence electrons. The van der Waals surface area contributed by atoms with E-state index in [-0.39, 0.29) is 17.6 Å². The van der Waals surface area contributed by atoms with Gasteiger partial charge in [-0.3, -0.25) is 18.9 Å². The molecule has 1 amide bonds. The number of thiocarbonyl (C=S) groups is 1. The van der Waals surface area contributed by atoms with Crippen LogP contribution in [-0.4, -0.2) is 50.3 Å². The maximum absolute atomic E-state index is 13.3. The van der Waals surface area contributed by atoms with Crippen molar-refractivity contribution in [3.05, 3.63) is 44.7 Å². The van der Waals surface area contributed by atoms with Crippen molar-refractivity contribution >= 4 is 51.7 Å². The summed E-state index contributed by atoms with van der Waals surface area (Å²) in [7, 11) is 0.